The van der Waals surface area contributed by atoms with Gasteiger partial charge in [0.25, 0.3) is 0 Å². The Labute approximate surface area is 174 Å². The number of fused-ring (bicyclic) bond motifs is 1. The predicted molar refractivity (Wildman–Crippen MR) is 110 cm³/mol. The van der Waals surface area contributed by atoms with Crippen molar-refractivity contribution in [2.45, 2.75) is 6.30 Å². The first-order chi connectivity index (χ1) is 14.7. The van der Waals surface area contributed by atoms with Crippen LogP contribution in [-0.2, 0) is 18.1 Å². The third-order valence-corrected chi connectivity index (χ3v) is 4.47. The molecule has 1 amide bonds. The molecule has 0 bridgehead atoms. The number of benzene rings is 1. The van der Waals surface area contributed by atoms with Crippen molar-refractivity contribution in [3.63, 3.8) is 0 Å². The Kier molecular flexibility index (Phi) is 4.93. The van der Waals surface area contributed by atoms with Crippen LogP contribution in [0.3, 0.4) is 0 Å². The van der Waals surface area contributed by atoms with Crippen molar-refractivity contribution in [2.75, 3.05) is 10.6 Å². The van der Waals surface area contributed by atoms with Crippen molar-refractivity contribution >= 4 is 34.1 Å². The first-order valence-corrected chi connectivity index (χ1v) is 8.99. The summed E-state index contributed by atoms with van der Waals surface area (Å²) < 4.78 is 39.9. The predicted octanol–water partition coefficient (Wildman–Crippen LogP) is 4.18. The normalized spacial score (nSPS) is 11.5. The van der Waals surface area contributed by atoms with Crippen LogP contribution < -0.4 is 10.6 Å². The van der Waals surface area contributed by atoms with Gasteiger partial charge in [-0.1, -0.05) is 12.6 Å². The SMILES string of the molecule is C=CC(=O)Nc1ccc2c(-c3ccnc(Nc4cnn(C(F)(F)F)c4)n3)cn(C)c2c1. The van der Waals surface area contributed by atoms with Crippen LogP contribution in [0, 0.1) is 0 Å². The largest absolute Gasteiger partial charge is 0.504 e. The summed E-state index contributed by atoms with van der Waals surface area (Å²) in [4.78, 5) is 20.0. The number of hydrogen-bond acceptors (Lipinski definition) is 5. The van der Waals surface area contributed by atoms with Crippen molar-refractivity contribution in [3.05, 3.63) is 61.7 Å². The lowest BCUT2D eigenvalue weighted by Crippen LogP contribution is -2.16. The van der Waals surface area contributed by atoms with E-state index in [9.17, 15) is 18.0 Å². The number of rotatable bonds is 5. The van der Waals surface area contributed by atoms with Crippen LogP contribution in [0.4, 0.5) is 30.5 Å². The molecule has 31 heavy (non-hydrogen) atoms. The molecule has 0 radical (unpaired) electrons. The molecule has 4 rings (SSSR count). The summed E-state index contributed by atoms with van der Waals surface area (Å²) in [6.45, 7) is 3.43. The van der Waals surface area contributed by atoms with Crippen LogP contribution in [0.2, 0.25) is 0 Å². The topological polar surface area (TPSA) is 89.7 Å². The van der Waals surface area contributed by atoms with E-state index in [0.717, 1.165) is 28.9 Å². The summed E-state index contributed by atoms with van der Waals surface area (Å²) in [5, 5.41) is 9.60. The maximum atomic E-state index is 12.7. The molecule has 0 saturated heterocycles. The van der Waals surface area contributed by atoms with Gasteiger partial charge in [-0.15, -0.1) is 13.2 Å². The lowest BCUT2D eigenvalue weighted by molar-refractivity contribution is -0.212. The summed E-state index contributed by atoms with van der Waals surface area (Å²) in [5.41, 5.74) is 2.97. The number of nitrogens with one attached hydrogen (secondary N) is 2. The lowest BCUT2D eigenvalue weighted by Gasteiger charge is -2.06. The molecule has 0 atom stereocenters. The van der Waals surface area contributed by atoms with Crippen molar-refractivity contribution in [1.82, 2.24) is 24.3 Å². The van der Waals surface area contributed by atoms with Crippen molar-refractivity contribution in [3.8, 4) is 11.3 Å². The number of aryl methyl sites for hydroxylation is 1. The zero-order valence-electron chi connectivity index (χ0n) is 16.2. The highest BCUT2D eigenvalue weighted by molar-refractivity contribution is 6.02. The molecular weight excluding hydrogens is 411 g/mol. The molecule has 0 saturated carbocycles. The van der Waals surface area contributed by atoms with Crippen LogP contribution in [0.5, 0.6) is 0 Å². The van der Waals surface area contributed by atoms with E-state index >= 15 is 0 Å². The first kappa shape index (κ1) is 20.1. The summed E-state index contributed by atoms with van der Waals surface area (Å²) >= 11 is 0. The Morgan fingerprint density at radius 2 is 2.00 bits per heavy atom. The van der Waals surface area contributed by atoms with Gasteiger partial charge in [-0.25, -0.2) is 9.97 Å². The van der Waals surface area contributed by atoms with E-state index in [2.05, 4.69) is 32.3 Å². The average molecular weight is 427 g/mol. The fourth-order valence-electron chi connectivity index (χ4n) is 3.08. The summed E-state index contributed by atoms with van der Waals surface area (Å²) in [5.74, 6) is -0.180. The maximum absolute atomic E-state index is 12.7. The van der Waals surface area contributed by atoms with Crippen molar-refractivity contribution in [2.24, 2.45) is 7.05 Å². The maximum Gasteiger partial charge on any atom is 0.504 e. The number of carbonyl (C=O) groups excluding carboxylic acids is 1. The molecule has 0 aliphatic heterocycles. The molecule has 8 nitrogen and oxygen atoms in total. The lowest BCUT2D eigenvalue weighted by atomic mass is 10.1. The summed E-state index contributed by atoms with van der Waals surface area (Å²) in [7, 11) is 1.86. The average Bonchev–Trinajstić information content (AvgIpc) is 3.33. The number of hydrogen-bond donors (Lipinski definition) is 2. The van der Waals surface area contributed by atoms with E-state index in [1.807, 2.05) is 29.9 Å². The van der Waals surface area contributed by atoms with Crippen molar-refractivity contribution < 1.29 is 18.0 Å². The highest BCUT2D eigenvalue weighted by atomic mass is 19.4. The number of alkyl halides is 3. The summed E-state index contributed by atoms with van der Waals surface area (Å²) in [6, 6.07) is 7.14. The molecule has 11 heteroatoms. The molecule has 0 spiro atoms. The van der Waals surface area contributed by atoms with Crippen LogP contribution >= 0.6 is 0 Å². The second-order valence-electron chi connectivity index (χ2n) is 6.61. The fourth-order valence-corrected chi connectivity index (χ4v) is 3.08. The van der Waals surface area contributed by atoms with Gasteiger partial charge >= 0.3 is 6.30 Å². The number of aromatic nitrogens is 5. The van der Waals surface area contributed by atoms with Crippen LogP contribution in [0.1, 0.15) is 0 Å². The van der Waals surface area contributed by atoms with E-state index in [1.54, 1.807) is 12.1 Å². The quantitative estimate of drug-likeness (QED) is 0.467. The number of carbonyl (C=O) groups is 1. The van der Waals surface area contributed by atoms with E-state index in [1.165, 1.54) is 12.3 Å². The van der Waals surface area contributed by atoms with E-state index < -0.39 is 6.30 Å². The Morgan fingerprint density at radius 1 is 1.19 bits per heavy atom. The standard InChI is InChI=1S/C20H16F3N7O/c1-3-18(31)26-12-4-5-14-15(11-29(2)17(14)8-12)16-6-7-24-19(28-16)27-13-9-25-30(10-13)20(21,22)23/h3-11H,1H2,2H3,(H,26,31)(H,24,27,28). The van der Waals surface area contributed by atoms with E-state index in [0.29, 0.717) is 11.4 Å². The van der Waals surface area contributed by atoms with Gasteiger partial charge in [0.15, 0.2) is 0 Å². The number of anilines is 3. The Balaban J connectivity index is 1.65. The molecule has 0 aliphatic carbocycles. The van der Waals surface area contributed by atoms with Gasteiger partial charge < -0.3 is 15.2 Å². The minimum atomic E-state index is -4.60. The zero-order valence-corrected chi connectivity index (χ0v) is 16.2. The van der Waals surface area contributed by atoms with Gasteiger partial charge in [0.05, 0.1) is 29.3 Å². The zero-order chi connectivity index (χ0) is 22.2. The molecule has 4 aromatic rings. The van der Waals surface area contributed by atoms with Gasteiger partial charge in [0, 0.05) is 36.1 Å². The molecule has 1 aromatic carbocycles. The third kappa shape index (κ3) is 4.10. The molecule has 0 unspecified atom stereocenters. The van der Waals surface area contributed by atoms with E-state index in [-0.39, 0.29) is 22.2 Å². The van der Waals surface area contributed by atoms with Crippen LogP contribution in [0.25, 0.3) is 22.2 Å². The summed E-state index contributed by atoms with van der Waals surface area (Å²) in [6.07, 6.45) is 1.82. The molecular formula is C20H16F3N7O. The van der Waals surface area contributed by atoms with Gasteiger partial charge in [0.1, 0.15) is 0 Å². The highest BCUT2D eigenvalue weighted by Crippen LogP contribution is 2.31. The van der Waals surface area contributed by atoms with Crippen molar-refractivity contribution in [1.29, 1.82) is 0 Å². The molecule has 3 heterocycles. The van der Waals surface area contributed by atoms with E-state index in [4.69, 9.17) is 0 Å². The van der Waals surface area contributed by atoms with Crippen LogP contribution in [0.15, 0.2) is 61.7 Å². The Hall–Kier alpha value is -4.15. The van der Waals surface area contributed by atoms with Crippen LogP contribution in [-0.4, -0.2) is 30.2 Å². The molecule has 0 aliphatic rings. The second-order valence-corrected chi connectivity index (χ2v) is 6.61. The number of amides is 1. The minimum Gasteiger partial charge on any atom is -0.350 e. The van der Waals surface area contributed by atoms with Gasteiger partial charge in [-0.2, -0.15) is 9.78 Å². The monoisotopic (exact) mass is 427 g/mol. The van der Waals surface area contributed by atoms with Gasteiger partial charge in [0.2, 0.25) is 11.9 Å². The molecule has 0 fully saturated rings. The smallest absolute Gasteiger partial charge is 0.350 e. The minimum absolute atomic E-state index is 0.105. The van der Waals surface area contributed by atoms with Gasteiger partial charge in [-0.05, 0) is 24.3 Å². The number of nitrogens with zero attached hydrogens (tertiary/aromatic N) is 5. The Bertz CT molecular complexity index is 1290. The fraction of sp³-hybridized carbons (Fsp3) is 0.100. The number of halogens is 3. The van der Waals surface area contributed by atoms with Gasteiger partial charge in [-0.3, -0.25) is 4.79 Å². The Morgan fingerprint density at radius 3 is 2.71 bits per heavy atom. The molecule has 2 N–H and O–H groups in total. The second kappa shape index (κ2) is 7.59. The molecule has 158 valence electrons. The first-order valence-electron chi connectivity index (χ1n) is 8.99. The molecule has 3 aromatic heterocycles. The highest BCUT2D eigenvalue weighted by Gasteiger charge is 2.31. The third-order valence-electron chi connectivity index (χ3n) is 4.47.